The first-order valence-electron chi connectivity index (χ1n) is 13.5. The predicted molar refractivity (Wildman–Crippen MR) is 160 cm³/mol. The van der Waals surface area contributed by atoms with Crippen molar-refractivity contribution >= 4 is 23.3 Å². The van der Waals surface area contributed by atoms with Crippen LogP contribution in [0.4, 0.5) is 11.4 Å². The largest absolute Gasteiger partial charge is 0.423 e. The summed E-state index contributed by atoms with van der Waals surface area (Å²) in [5, 5.41) is 22.1. The highest BCUT2D eigenvalue weighted by Gasteiger charge is 2.38. The number of hydrogen-bond acceptors (Lipinski definition) is 8. The molecule has 4 aromatic rings. The topological polar surface area (TPSA) is 139 Å². The number of nitro groups is 2. The first-order chi connectivity index (χ1) is 21.2. The molecule has 6 rings (SSSR count). The second-order valence-electron chi connectivity index (χ2n) is 10.1. The lowest BCUT2D eigenvalue weighted by Gasteiger charge is -2.35. The van der Waals surface area contributed by atoms with Gasteiger partial charge in [0.25, 0.3) is 11.4 Å². The third-order valence-corrected chi connectivity index (χ3v) is 7.58. The Hall–Kier alpha value is -6.16. The third-order valence-electron chi connectivity index (χ3n) is 7.58. The van der Waals surface area contributed by atoms with Crippen LogP contribution in [0.3, 0.4) is 0 Å². The van der Waals surface area contributed by atoms with Gasteiger partial charge in [-0.3, -0.25) is 20.2 Å². The number of non-ortho nitro benzene ring substituents is 2. The van der Waals surface area contributed by atoms with Crippen molar-refractivity contribution in [3.8, 4) is 11.5 Å². The van der Waals surface area contributed by atoms with Crippen LogP contribution in [0, 0.1) is 20.2 Å². The number of carbonyl (C=O) groups excluding carboxylic acids is 2. The molecule has 2 aliphatic carbocycles. The van der Waals surface area contributed by atoms with E-state index in [4.69, 9.17) is 9.47 Å². The molecule has 0 saturated carbocycles. The van der Waals surface area contributed by atoms with Gasteiger partial charge in [-0.15, -0.1) is 0 Å². The van der Waals surface area contributed by atoms with Crippen LogP contribution >= 0.6 is 0 Å². The number of rotatable bonds is 6. The average Bonchev–Trinajstić information content (AvgIpc) is 3.14. The van der Waals surface area contributed by atoms with E-state index >= 15 is 0 Å². The number of fused-ring (bicyclic) bond motifs is 3. The maximum absolute atomic E-state index is 13.3. The highest BCUT2D eigenvalue weighted by molar-refractivity contribution is 5.93. The van der Waals surface area contributed by atoms with Gasteiger partial charge in [0.1, 0.15) is 11.5 Å². The molecule has 2 unspecified atom stereocenters. The van der Waals surface area contributed by atoms with Crippen LogP contribution in [0.15, 0.2) is 121 Å². The Morgan fingerprint density at radius 1 is 0.659 bits per heavy atom. The van der Waals surface area contributed by atoms with E-state index < -0.39 is 33.6 Å². The molecule has 0 spiro atoms. The Morgan fingerprint density at radius 2 is 1.16 bits per heavy atom. The molecule has 0 heterocycles. The molecule has 216 valence electrons. The molecule has 10 nitrogen and oxygen atoms in total. The van der Waals surface area contributed by atoms with Crippen molar-refractivity contribution < 1.29 is 28.9 Å². The minimum atomic E-state index is -0.724. The molecular weight excluding hydrogens is 564 g/mol. The second-order valence-corrected chi connectivity index (χ2v) is 10.1. The number of carbonyl (C=O) groups is 2. The van der Waals surface area contributed by atoms with Crippen LogP contribution in [0.1, 0.15) is 54.8 Å². The SMILES string of the molecule is C=C1/C=C\C=C/C2c3ccccc3C1c1c(OC(=O)c3ccc([N+](=O)[O-])cc3)ccc(OC(=O)c3ccc([N+](=O)[O-])cc3)c12. The Kier molecular flexibility index (Phi) is 7.16. The summed E-state index contributed by atoms with van der Waals surface area (Å²) in [6.07, 6.45) is 7.56. The molecule has 0 radical (unpaired) electrons. The van der Waals surface area contributed by atoms with E-state index in [9.17, 15) is 29.8 Å². The highest BCUT2D eigenvalue weighted by Crippen LogP contribution is 2.53. The number of hydrogen-bond donors (Lipinski definition) is 0. The lowest BCUT2D eigenvalue weighted by atomic mass is 9.70. The van der Waals surface area contributed by atoms with E-state index in [1.165, 1.54) is 54.6 Å². The fraction of sp³-hybridized carbons (Fsp3) is 0.0588. The standard InChI is InChI=1S/C34H22N2O8/c1-20-6-2-3-9-27-25-7-4-5-8-26(25)30(20)32-29(44-34(38)22-12-16-24(17-13-22)36(41)42)19-18-28(31(27)32)43-33(37)21-10-14-23(15-11-21)35(39)40/h2-19,27,30H,1H2/b6-2-,9-3-. The zero-order valence-electron chi connectivity index (χ0n) is 22.9. The van der Waals surface area contributed by atoms with Gasteiger partial charge in [-0.1, -0.05) is 55.1 Å². The quantitative estimate of drug-likeness (QED) is 0.100. The van der Waals surface area contributed by atoms with Gasteiger partial charge in [0.15, 0.2) is 0 Å². The van der Waals surface area contributed by atoms with Crippen LogP contribution in [0.5, 0.6) is 11.5 Å². The van der Waals surface area contributed by atoms with Crippen LogP contribution in [-0.2, 0) is 0 Å². The molecule has 0 aromatic heterocycles. The molecule has 10 heteroatoms. The fourth-order valence-corrected chi connectivity index (χ4v) is 5.55. The van der Waals surface area contributed by atoms with Gasteiger partial charge in [-0.05, 0) is 53.1 Å². The Labute approximate surface area is 250 Å². The Balaban J connectivity index is 1.47. The van der Waals surface area contributed by atoms with Gasteiger partial charge in [-0.2, -0.15) is 0 Å². The molecule has 0 saturated heterocycles. The first-order valence-corrected chi connectivity index (χ1v) is 13.5. The molecule has 0 amide bonds. The molecule has 2 atom stereocenters. The molecule has 0 N–H and O–H groups in total. The normalized spacial score (nSPS) is 17.6. The van der Waals surface area contributed by atoms with Crippen molar-refractivity contribution in [2.75, 3.05) is 0 Å². The summed E-state index contributed by atoms with van der Waals surface area (Å²) in [6, 6.07) is 21.0. The summed E-state index contributed by atoms with van der Waals surface area (Å²) >= 11 is 0. The molecule has 4 aromatic carbocycles. The van der Waals surface area contributed by atoms with E-state index in [0.717, 1.165) is 11.1 Å². The lowest BCUT2D eigenvalue weighted by molar-refractivity contribution is -0.385. The number of nitrogens with zero attached hydrogens (tertiary/aromatic N) is 2. The molecule has 0 aliphatic heterocycles. The number of esters is 2. The van der Waals surface area contributed by atoms with Crippen LogP contribution in [0.2, 0.25) is 0 Å². The maximum atomic E-state index is 13.3. The first kappa shape index (κ1) is 28.0. The summed E-state index contributed by atoms with van der Waals surface area (Å²) in [5.41, 5.74) is 3.69. The maximum Gasteiger partial charge on any atom is 0.343 e. The predicted octanol–water partition coefficient (Wildman–Crippen LogP) is 7.20. The van der Waals surface area contributed by atoms with E-state index in [0.29, 0.717) is 16.7 Å². The van der Waals surface area contributed by atoms with Crippen molar-refractivity contribution in [1.29, 1.82) is 0 Å². The van der Waals surface area contributed by atoms with E-state index in [2.05, 4.69) is 6.58 Å². The highest BCUT2D eigenvalue weighted by atomic mass is 16.6. The molecule has 0 fully saturated rings. The number of ether oxygens (including phenoxy) is 2. The summed E-state index contributed by atoms with van der Waals surface area (Å²) < 4.78 is 11.9. The number of allylic oxidation sites excluding steroid dienone is 5. The summed E-state index contributed by atoms with van der Waals surface area (Å²) in [4.78, 5) is 47.6. The van der Waals surface area contributed by atoms with Crippen molar-refractivity contribution in [1.82, 2.24) is 0 Å². The molecule has 2 bridgehead atoms. The molecule has 44 heavy (non-hydrogen) atoms. The smallest absolute Gasteiger partial charge is 0.343 e. The molecular formula is C34H22N2O8. The fourth-order valence-electron chi connectivity index (χ4n) is 5.55. The Morgan fingerprint density at radius 3 is 1.68 bits per heavy atom. The van der Waals surface area contributed by atoms with Crippen molar-refractivity contribution in [3.63, 3.8) is 0 Å². The van der Waals surface area contributed by atoms with Crippen molar-refractivity contribution in [2.45, 2.75) is 11.8 Å². The van der Waals surface area contributed by atoms with Crippen LogP contribution in [-0.4, -0.2) is 21.8 Å². The van der Waals surface area contributed by atoms with Gasteiger partial charge in [0.2, 0.25) is 0 Å². The van der Waals surface area contributed by atoms with Gasteiger partial charge in [0, 0.05) is 47.2 Å². The van der Waals surface area contributed by atoms with Crippen LogP contribution < -0.4 is 9.47 Å². The minimum absolute atomic E-state index is 0.116. The van der Waals surface area contributed by atoms with Gasteiger partial charge in [0.05, 0.1) is 21.0 Å². The van der Waals surface area contributed by atoms with Crippen molar-refractivity contribution in [3.05, 3.63) is 175 Å². The summed E-state index contributed by atoms with van der Waals surface area (Å²) in [6.45, 7) is 4.31. The zero-order chi connectivity index (χ0) is 31.0. The van der Waals surface area contributed by atoms with E-state index in [-0.39, 0.29) is 34.0 Å². The Bertz CT molecular complexity index is 1920. The zero-order valence-corrected chi connectivity index (χ0v) is 22.9. The molecule has 2 aliphatic rings. The van der Waals surface area contributed by atoms with Gasteiger partial charge >= 0.3 is 11.9 Å². The monoisotopic (exact) mass is 586 g/mol. The number of benzene rings is 4. The average molecular weight is 587 g/mol. The summed E-state index contributed by atoms with van der Waals surface area (Å²) in [5.74, 6) is -1.87. The summed E-state index contributed by atoms with van der Waals surface area (Å²) in [7, 11) is 0. The van der Waals surface area contributed by atoms with Crippen molar-refractivity contribution in [2.24, 2.45) is 0 Å². The number of nitro benzene ring substituents is 2. The third kappa shape index (κ3) is 5.05. The van der Waals surface area contributed by atoms with E-state index in [1.807, 2.05) is 48.6 Å². The van der Waals surface area contributed by atoms with Gasteiger partial charge in [-0.25, -0.2) is 9.59 Å². The second kappa shape index (κ2) is 11.3. The van der Waals surface area contributed by atoms with Crippen LogP contribution in [0.25, 0.3) is 0 Å². The van der Waals surface area contributed by atoms with E-state index in [1.54, 1.807) is 6.07 Å². The van der Waals surface area contributed by atoms with Gasteiger partial charge < -0.3 is 9.47 Å². The minimum Gasteiger partial charge on any atom is -0.423 e. The lowest BCUT2D eigenvalue weighted by Crippen LogP contribution is -2.22.